The largest absolute Gasteiger partial charge is 0.379 e. The van der Waals surface area contributed by atoms with Gasteiger partial charge in [0.05, 0.1) is 18.0 Å². The lowest BCUT2D eigenvalue weighted by Gasteiger charge is -2.08. The number of anilines is 1. The van der Waals surface area contributed by atoms with Crippen molar-refractivity contribution in [2.75, 3.05) is 18.5 Å². The van der Waals surface area contributed by atoms with Gasteiger partial charge in [0.1, 0.15) is 0 Å². The molecule has 0 aliphatic rings. The fraction of sp³-hybridized carbons (Fsp3) is 0.533. The fourth-order valence-electron chi connectivity index (χ4n) is 1.59. The Labute approximate surface area is 125 Å². The van der Waals surface area contributed by atoms with Crippen LogP contribution in [0.2, 0.25) is 0 Å². The SMILES string of the molecule is CC(C)OCCCNC(=O)CCC(=O)Nc1cccnc1. The third kappa shape index (κ3) is 8.75. The molecule has 1 aromatic heterocycles. The molecule has 1 heterocycles. The summed E-state index contributed by atoms with van der Waals surface area (Å²) in [5.74, 6) is -0.317. The van der Waals surface area contributed by atoms with Crippen molar-refractivity contribution in [2.45, 2.75) is 39.2 Å². The maximum absolute atomic E-state index is 11.6. The van der Waals surface area contributed by atoms with E-state index >= 15 is 0 Å². The number of ether oxygens (including phenoxy) is 1. The van der Waals surface area contributed by atoms with E-state index < -0.39 is 0 Å². The molecule has 0 aromatic carbocycles. The van der Waals surface area contributed by atoms with E-state index in [0.29, 0.717) is 18.8 Å². The first-order chi connectivity index (χ1) is 10.1. The monoisotopic (exact) mass is 293 g/mol. The molecule has 0 atom stereocenters. The smallest absolute Gasteiger partial charge is 0.224 e. The Morgan fingerprint density at radius 3 is 2.71 bits per heavy atom. The minimum atomic E-state index is -0.193. The number of nitrogens with zero attached hydrogens (tertiary/aromatic N) is 1. The first kappa shape index (κ1) is 17.1. The van der Waals surface area contributed by atoms with Gasteiger partial charge >= 0.3 is 0 Å². The van der Waals surface area contributed by atoms with E-state index in [-0.39, 0.29) is 30.8 Å². The third-order valence-corrected chi connectivity index (χ3v) is 2.62. The van der Waals surface area contributed by atoms with E-state index in [1.54, 1.807) is 24.5 Å². The lowest BCUT2D eigenvalue weighted by molar-refractivity contribution is -0.124. The predicted octanol–water partition coefficient (Wildman–Crippen LogP) is 1.73. The van der Waals surface area contributed by atoms with Crippen LogP contribution in [0.3, 0.4) is 0 Å². The summed E-state index contributed by atoms with van der Waals surface area (Å²) in [7, 11) is 0. The van der Waals surface area contributed by atoms with Crippen LogP contribution in [0.5, 0.6) is 0 Å². The zero-order chi connectivity index (χ0) is 15.5. The van der Waals surface area contributed by atoms with E-state index in [2.05, 4.69) is 15.6 Å². The van der Waals surface area contributed by atoms with E-state index in [9.17, 15) is 9.59 Å². The van der Waals surface area contributed by atoms with Crippen molar-refractivity contribution in [1.29, 1.82) is 0 Å². The highest BCUT2D eigenvalue weighted by Crippen LogP contribution is 2.04. The normalized spacial score (nSPS) is 10.4. The quantitative estimate of drug-likeness (QED) is 0.680. The molecule has 0 fully saturated rings. The Kier molecular flexibility index (Phi) is 8.04. The van der Waals surface area contributed by atoms with Crippen LogP contribution in [0.25, 0.3) is 0 Å². The summed E-state index contributed by atoms with van der Waals surface area (Å²) in [5.41, 5.74) is 0.633. The molecule has 0 aliphatic carbocycles. The Morgan fingerprint density at radius 1 is 1.29 bits per heavy atom. The van der Waals surface area contributed by atoms with Crippen molar-refractivity contribution in [2.24, 2.45) is 0 Å². The van der Waals surface area contributed by atoms with E-state index in [1.165, 1.54) is 0 Å². The molecule has 0 saturated carbocycles. The fourth-order valence-corrected chi connectivity index (χ4v) is 1.59. The van der Waals surface area contributed by atoms with E-state index in [1.807, 2.05) is 13.8 Å². The van der Waals surface area contributed by atoms with Crippen LogP contribution in [0.4, 0.5) is 5.69 Å². The standard InChI is InChI=1S/C15H23N3O3/c1-12(2)21-10-4-9-17-14(19)6-7-15(20)18-13-5-3-8-16-11-13/h3,5,8,11-12H,4,6-7,9-10H2,1-2H3,(H,17,19)(H,18,20). The molecule has 0 bridgehead atoms. The number of rotatable bonds is 9. The maximum atomic E-state index is 11.6. The average molecular weight is 293 g/mol. The maximum Gasteiger partial charge on any atom is 0.224 e. The second-order valence-electron chi connectivity index (χ2n) is 4.91. The Bertz CT molecular complexity index is 435. The van der Waals surface area contributed by atoms with Gasteiger partial charge in [0, 0.05) is 32.2 Å². The minimum Gasteiger partial charge on any atom is -0.379 e. The first-order valence-corrected chi connectivity index (χ1v) is 7.16. The number of carbonyl (C=O) groups is 2. The summed E-state index contributed by atoms with van der Waals surface area (Å²) >= 11 is 0. The highest BCUT2D eigenvalue weighted by Gasteiger charge is 2.07. The molecule has 21 heavy (non-hydrogen) atoms. The van der Waals surface area contributed by atoms with Crippen molar-refractivity contribution in [3.8, 4) is 0 Å². The van der Waals surface area contributed by atoms with Gasteiger partial charge in [-0.05, 0) is 32.4 Å². The van der Waals surface area contributed by atoms with Gasteiger partial charge in [-0.25, -0.2) is 0 Å². The van der Waals surface area contributed by atoms with Gasteiger partial charge in [0.2, 0.25) is 11.8 Å². The molecule has 0 radical (unpaired) electrons. The van der Waals surface area contributed by atoms with Crippen LogP contribution < -0.4 is 10.6 Å². The molecular weight excluding hydrogens is 270 g/mol. The Balaban J connectivity index is 2.08. The molecular formula is C15H23N3O3. The Hall–Kier alpha value is -1.95. The summed E-state index contributed by atoms with van der Waals surface area (Å²) in [6, 6.07) is 3.49. The van der Waals surface area contributed by atoms with Gasteiger partial charge in [-0.2, -0.15) is 0 Å². The van der Waals surface area contributed by atoms with Gasteiger partial charge < -0.3 is 15.4 Å². The number of aromatic nitrogens is 1. The van der Waals surface area contributed by atoms with Gasteiger partial charge in [-0.15, -0.1) is 0 Å². The number of carbonyl (C=O) groups excluding carboxylic acids is 2. The van der Waals surface area contributed by atoms with Crippen LogP contribution in [0, 0.1) is 0 Å². The van der Waals surface area contributed by atoms with Crippen LogP contribution in [0.1, 0.15) is 33.1 Å². The zero-order valence-corrected chi connectivity index (χ0v) is 12.6. The molecule has 2 amide bonds. The van der Waals surface area contributed by atoms with Gasteiger partial charge in [-0.1, -0.05) is 0 Å². The van der Waals surface area contributed by atoms with Crippen LogP contribution >= 0.6 is 0 Å². The molecule has 0 unspecified atom stereocenters. The summed E-state index contributed by atoms with van der Waals surface area (Å²) in [6.07, 6.45) is 4.50. The van der Waals surface area contributed by atoms with Crippen molar-refractivity contribution in [3.63, 3.8) is 0 Å². The van der Waals surface area contributed by atoms with E-state index in [0.717, 1.165) is 6.42 Å². The number of hydrogen-bond donors (Lipinski definition) is 2. The van der Waals surface area contributed by atoms with Crippen molar-refractivity contribution in [1.82, 2.24) is 10.3 Å². The minimum absolute atomic E-state index is 0.124. The number of hydrogen-bond acceptors (Lipinski definition) is 4. The van der Waals surface area contributed by atoms with Gasteiger partial charge in [0.25, 0.3) is 0 Å². The molecule has 1 rings (SSSR count). The van der Waals surface area contributed by atoms with Crippen molar-refractivity contribution in [3.05, 3.63) is 24.5 Å². The average Bonchev–Trinajstić information content (AvgIpc) is 2.45. The molecule has 1 aromatic rings. The summed E-state index contributed by atoms with van der Waals surface area (Å²) in [4.78, 5) is 27.1. The molecule has 116 valence electrons. The molecule has 0 saturated heterocycles. The summed E-state index contributed by atoms with van der Waals surface area (Å²) < 4.78 is 5.37. The highest BCUT2D eigenvalue weighted by molar-refractivity contribution is 5.93. The van der Waals surface area contributed by atoms with Crippen molar-refractivity contribution < 1.29 is 14.3 Å². The second-order valence-corrected chi connectivity index (χ2v) is 4.91. The molecule has 6 heteroatoms. The number of amides is 2. The molecule has 2 N–H and O–H groups in total. The lowest BCUT2D eigenvalue weighted by atomic mass is 10.2. The van der Waals surface area contributed by atoms with Crippen LogP contribution in [-0.2, 0) is 14.3 Å². The number of pyridine rings is 1. The van der Waals surface area contributed by atoms with Crippen LogP contribution in [-0.4, -0.2) is 36.1 Å². The summed E-state index contributed by atoms with van der Waals surface area (Å²) in [6.45, 7) is 5.13. The third-order valence-electron chi connectivity index (χ3n) is 2.62. The first-order valence-electron chi connectivity index (χ1n) is 7.16. The van der Waals surface area contributed by atoms with Crippen LogP contribution in [0.15, 0.2) is 24.5 Å². The summed E-state index contributed by atoms with van der Waals surface area (Å²) in [5, 5.41) is 5.45. The molecule has 0 aliphatic heterocycles. The number of nitrogens with one attached hydrogen (secondary N) is 2. The lowest BCUT2D eigenvalue weighted by Crippen LogP contribution is -2.26. The van der Waals surface area contributed by atoms with E-state index in [4.69, 9.17) is 4.74 Å². The van der Waals surface area contributed by atoms with Gasteiger partial charge in [-0.3, -0.25) is 14.6 Å². The van der Waals surface area contributed by atoms with Gasteiger partial charge in [0.15, 0.2) is 0 Å². The van der Waals surface area contributed by atoms with Crippen molar-refractivity contribution >= 4 is 17.5 Å². The molecule has 6 nitrogen and oxygen atoms in total. The second kappa shape index (κ2) is 9.88. The zero-order valence-electron chi connectivity index (χ0n) is 12.6. The molecule has 0 spiro atoms. The highest BCUT2D eigenvalue weighted by atomic mass is 16.5. The Morgan fingerprint density at radius 2 is 2.05 bits per heavy atom. The topological polar surface area (TPSA) is 80.3 Å². The predicted molar refractivity (Wildman–Crippen MR) is 80.8 cm³/mol.